The molecule has 1 fully saturated rings. The zero-order chi connectivity index (χ0) is 13.7. The first-order valence-corrected chi connectivity index (χ1v) is 7.34. The van der Waals surface area contributed by atoms with Gasteiger partial charge in [-0.25, -0.2) is 4.39 Å². The van der Waals surface area contributed by atoms with E-state index in [9.17, 15) is 9.18 Å². The predicted octanol–water partition coefficient (Wildman–Crippen LogP) is 3.38. The van der Waals surface area contributed by atoms with Gasteiger partial charge in [-0.1, -0.05) is 25.0 Å². The summed E-state index contributed by atoms with van der Waals surface area (Å²) >= 11 is 5.80. The summed E-state index contributed by atoms with van der Waals surface area (Å²) in [7, 11) is 0. The van der Waals surface area contributed by atoms with Crippen molar-refractivity contribution in [3.8, 4) is 0 Å². The van der Waals surface area contributed by atoms with Crippen LogP contribution in [-0.2, 0) is 11.2 Å². The lowest BCUT2D eigenvalue weighted by Crippen LogP contribution is -2.41. The van der Waals surface area contributed by atoms with E-state index in [4.69, 9.17) is 11.6 Å². The Kier molecular flexibility index (Phi) is 5.20. The SMILES string of the molecule is O=C(Cc1ccc(F)cc1)N(CCCl)C1CCCC1. The number of carbonyl (C=O) groups excluding carboxylic acids is 1. The third-order valence-electron chi connectivity index (χ3n) is 3.68. The minimum Gasteiger partial charge on any atom is -0.338 e. The number of hydrogen-bond acceptors (Lipinski definition) is 1. The molecule has 0 atom stereocenters. The van der Waals surface area contributed by atoms with Gasteiger partial charge in [-0.15, -0.1) is 11.6 Å². The second kappa shape index (κ2) is 6.90. The molecule has 4 heteroatoms. The number of benzene rings is 1. The Morgan fingerprint density at radius 2 is 1.89 bits per heavy atom. The standard InChI is InChI=1S/C15H19ClFNO/c16-9-10-18(14-3-1-2-4-14)15(19)11-12-5-7-13(17)8-6-12/h5-8,14H,1-4,9-11H2. The van der Waals surface area contributed by atoms with Gasteiger partial charge in [0.2, 0.25) is 5.91 Å². The third kappa shape index (κ3) is 3.93. The average Bonchev–Trinajstić information content (AvgIpc) is 2.92. The lowest BCUT2D eigenvalue weighted by molar-refractivity contribution is -0.132. The second-order valence-electron chi connectivity index (χ2n) is 5.02. The molecule has 0 heterocycles. The van der Waals surface area contributed by atoms with Crippen molar-refractivity contribution in [3.63, 3.8) is 0 Å². The molecule has 1 aromatic rings. The summed E-state index contributed by atoms with van der Waals surface area (Å²) < 4.78 is 12.8. The molecule has 0 bridgehead atoms. The topological polar surface area (TPSA) is 20.3 Å². The molecule has 104 valence electrons. The number of halogens is 2. The van der Waals surface area contributed by atoms with Crippen molar-refractivity contribution in [1.82, 2.24) is 4.90 Å². The van der Waals surface area contributed by atoms with E-state index in [1.807, 2.05) is 4.90 Å². The zero-order valence-corrected chi connectivity index (χ0v) is 11.7. The Balaban J connectivity index is 2.00. The monoisotopic (exact) mass is 283 g/mol. The Morgan fingerprint density at radius 1 is 1.26 bits per heavy atom. The van der Waals surface area contributed by atoms with Crippen molar-refractivity contribution in [1.29, 1.82) is 0 Å². The number of alkyl halides is 1. The number of amides is 1. The molecule has 0 aromatic heterocycles. The lowest BCUT2D eigenvalue weighted by Gasteiger charge is -2.28. The molecule has 1 aromatic carbocycles. The molecule has 0 N–H and O–H groups in total. The first-order valence-electron chi connectivity index (χ1n) is 6.80. The van der Waals surface area contributed by atoms with E-state index in [0.717, 1.165) is 18.4 Å². The summed E-state index contributed by atoms with van der Waals surface area (Å²) in [6.07, 6.45) is 4.85. The Bertz CT molecular complexity index is 415. The van der Waals surface area contributed by atoms with Crippen LogP contribution in [0, 0.1) is 5.82 Å². The Morgan fingerprint density at radius 3 is 2.47 bits per heavy atom. The van der Waals surface area contributed by atoms with E-state index in [0.29, 0.717) is 24.9 Å². The molecular formula is C15H19ClFNO. The van der Waals surface area contributed by atoms with Crippen LogP contribution in [0.2, 0.25) is 0 Å². The van der Waals surface area contributed by atoms with Crippen LogP contribution in [0.15, 0.2) is 24.3 Å². The van der Waals surface area contributed by atoms with E-state index < -0.39 is 0 Å². The molecule has 1 aliphatic carbocycles. The summed E-state index contributed by atoms with van der Waals surface area (Å²) in [4.78, 5) is 14.3. The first kappa shape index (κ1) is 14.3. The van der Waals surface area contributed by atoms with Crippen molar-refractivity contribution in [3.05, 3.63) is 35.6 Å². The number of nitrogens with zero attached hydrogens (tertiary/aromatic N) is 1. The highest BCUT2D eigenvalue weighted by Crippen LogP contribution is 2.24. The first-order chi connectivity index (χ1) is 9.20. The van der Waals surface area contributed by atoms with Crippen molar-refractivity contribution in [2.75, 3.05) is 12.4 Å². The van der Waals surface area contributed by atoms with Crippen molar-refractivity contribution in [2.24, 2.45) is 0 Å². The molecular weight excluding hydrogens is 265 g/mol. The lowest BCUT2D eigenvalue weighted by atomic mass is 10.1. The van der Waals surface area contributed by atoms with Crippen molar-refractivity contribution < 1.29 is 9.18 Å². The van der Waals surface area contributed by atoms with Gasteiger partial charge in [0.05, 0.1) is 6.42 Å². The fraction of sp³-hybridized carbons (Fsp3) is 0.533. The summed E-state index contributed by atoms with van der Waals surface area (Å²) in [6, 6.07) is 6.46. The molecule has 1 saturated carbocycles. The third-order valence-corrected chi connectivity index (χ3v) is 3.85. The summed E-state index contributed by atoms with van der Waals surface area (Å²) in [6.45, 7) is 0.603. The summed E-state index contributed by atoms with van der Waals surface area (Å²) in [5.41, 5.74) is 0.851. The number of carbonyl (C=O) groups is 1. The number of hydrogen-bond donors (Lipinski definition) is 0. The van der Waals surface area contributed by atoms with Gasteiger partial charge >= 0.3 is 0 Å². The highest BCUT2D eigenvalue weighted by molar-refractivity contribution is 6.18. The van der Waals surface area contributed by atoms with Gasteiger partial charge in [0.1, 0.15) is 5.82 Å². The molecule has 0 spiro atoms. The van der Waals surface area contributed by atoms with Gasteiger partial charge in [-0.3, -0.25) is 4.79 Å². The Hall–Kier alpha value is -1.09. The van der Waals surface area contributed by atoms with Crippen LogP contribution in [0.3, 0.4) is 0 Å². The molecule has 0 unspecified atom stereocenters. The van der Waals surface area contributed by atoms with Crippen LogP contribution in [0.4, 0.5) is 4.39 Å². The molecule has 0 saturated heterocycles. The van der Waals surface area contributed by atoms with Crippen LogP contribution in [0.25, 0.3) is 0 Å². The summed E-state index contributed by atoms with van der Waals surface area (Å²) in [5.74, 6) is 0.287. The molecule has 19 heavy (non-hydrogen) atoms. The molecule has 0 radical (unpaired) electrons. The van der Waals surface area contributed by atoms with E-state index in [2.05, 4.69) is 0 Å². The fourth-order valence-electron chi connectivity index (χ4n) is 2.70. The van der Waals surface area contributed by atoms with E-state index in [1.165, 1.54) is 25.0 Å². The van der Waals surface area contributed by atoms with Crippen LogP contribution >= 0.6 is 11.6 Å². The maximum atomic E-state index is 12.8. The Labute approximate surface area is 118 Å². The minimum atomic E-state index is -0.274. The largest absolute Gasteiger partial charge is 0.338 e. The minimum absolute atomic E-state index is 0.0964. The summed E-state index contributed by atoms with van der Waals surface area (Å²) in [5, 5.41) is 0. The van der Waals surface area contributed by atoms with Crippen molar-refractivity contribution >= 4 is 17.5 Å². The molecule has 1 aliphatic rings. The van der Waals surface area contributed by atoms with Crippen LogP contribution in [0.1, 0.15) is 31.2 Å². The molecule has 1 amide bonds. The maximum Gasteiger partial charge on any atom is 0.227 e. The normalized spacial score (nSPS) is 15.7. The predicted molar refractivity (Wildman–Crippen MR) is 74.8 cm³/mol. The van der Waals surface area contributed by atoms with Gasteiger partial charge in [-0.2, -0.15) is 0 Å². The van der Waals surface area contributed by atoms with E-state index >= 15 is 0 Å². The van der Waals surface area contributed by atoms with Gasteiger partial charge in [0, 0.05) is 18.5 Å². The van der Waals surface area contributed by atoms with Gasteiger partial charge in [-0.05, 0) is 30.5 Å². The van der Waals surface area contributed by atoms with E-state index in [1.54, 1.807) is 12.1 Å². The molecule has 0 aliphatic heterocycles. The zero-order valence-electron chi connectivity index (χ0n) is 10.9. The highest BCUT2D eigenvalue weighted by atomic mass is 35.5. The van der Waals surface area contributed by atoms with Gasteiger partial charge < -0.3 is 4.90 Å². The van der Waals surface area contributed by atoms with Crippen LogP contribution < -0.4 is 0 Å². The number of rotatable bonds is 5. The smallest absolute Gasteiger partial charge is 0.227 e. The maximum absolute atomic E-state index is 12.8. The van der Waals surface area contributed by atoms with Gasteiger partial charge in [0.25, 0.3) is 0 Å². The second-order valence-corrected chi connectivity index (χ2v) is 5.40. The average molecular weight is 284 g/mol. The van der Waals surface area contributed by atoms with Crippen LogP contribution in [0.5, 0.6) is 0 Å². The highest BCUT2D eigenvalue weighted by Gasteiger charge is 2.25. The van der Waals surface area contributed by atoms with Crippen LogP contribution in [-0.4, -0.2) is 29.3 Å². The molecule has 2 rings (SSSR count). The van der Waals surface area contributed by atoms with E-state index in [-0.39, 0.29) is 11.7 Å². The fourth-order valence-corrected chi connectivity index (χ4v) is 2.88. The molecule has 2 nitrogen and oxygen atoms in total. The van der Waals surface area contributed by atoms with Gasteiger partial charge in [0.15, 0.2) is 0 Å². The quantitative estimate of drug-likeness (QED) is 0.759. The van der Waals surface area contributed by atoms with Crippen molar-refractivity contribution in [2.45, 2.75) is 38.1 Å².